The lowest BCUT2D eigenvalue weighted by molar-refractivity contribution is 0.0954. The molecule has 0 fully saturated rings. The van der Waals surface area contributed by atoms with Gasteiger partial charge in [-0.25, -0.2) is 10.1 Å². The van der Waals surface area contributed by atoms with Gasteiger partial charge in [0.25, 0.3) is 5.91 Å². The van der Waals surface area contributed by atoms with Crippen molar-refractivity contribution in [1.82, 2.24) is 15.2 Å². The normalized spacial score (nSPS) is 10.8. The Morgan fingerprint density at radius 2 is 1.74 bits per heavy atom. The molecular weight excluding hydrogens is 288 g/mol. The van der Waals surface area contributed by atoms with Crippen molar-refractivity contribution in [1.29, 1.82) is 0 Å². The van der Waals surface area contributed by atoms with Crippen LogP contribution in [0.4, 0.5) is 0 Å². The van der Waals surface area contributed by atoms with E-state index < -0.39 is 0 Å². The summed E-state index contributed by atoms with van der Waals surface area (Å²) in [6.07, 6.45) is 3.16. The van der Waals surface area contributed by atoms with E-state index in [4.69, 9.17) is 0 Å². The maximum Gasteiger partial charge on any atom is 0.274 e. The minimum atomic E-state index is -0.281. The zero-order valence-corrected chi connectivity index (χ0v) is 12.7. The number of carbonyl (C=O) groups is 1. The van der Waals surface area contributed by atoms with E-state index in [0.717, 1.165) is 16.9 Å². The van der Waals surface area contributed by atoms with Gasteiger partial charge in [0.2, 0.25) is 0 Å². The van der Waals surface area contributed by atoms with Crippen molar-refractivity contribution in [2.75, 3.05) is 0 Å². The molecule has 0 spiro atoms. The molecule has 0 aliphatic rings. The van der Waals surface area contributed by atoms with Gasteiger partial charge in [0.1, 0.15) is 0 Å². The van der Waals surface area contributed by atoms with Gasteiger partial charge in [-0.15, -0.1) is 0 Å². The first-order chi connectivity index (χ1) is 11.3. The zero-order valence-electron chi connectivity index (χ0n) is 12.7. The molecule has 3 aromatic rings. The molecule has 0 saturated carbocycles. The number of nitrogens with one attached hydrogen (secondary N) is 1. The summed E-state index contributed by atoms with van der Waals surface area (Å²) in [6, 6.07) is 19.3. The lowest BCUT2D eigenvalue weighted by Crippen LogP contribution is -2.18. The minimum absolute atomic E-state index is 0.281. The van der Waals surface area contributed by atoms with E-state index >= 15 is 0 Å². The van der Waals surface area contributed by atoms with Crippen LogP contribution < -0.4 is 5.43 Å². The predicted octanol–water partition coefficient (Wildman–Crippen LogP) is 2.94. The summed E-state index contributed by atoms with van der Waals surface area (Å²) >= 11 is 0. The largest absolute Gasteiger partial charge is 0.274 e. The maximum atomic E-state index is 12.2. The Bertz CT molecular complexity index is 823. The predicted molar refractivity (Wildman–Crippen MR) is 89.8 cm³/mol. The molecule has 0 atom stereocenters. The van der Waals surface area contributed by atoms with Crippen molar-refractivity contribution < 1.29 is 4.79 Å². The molecule has 0 aliphatic heterocycles. The number of aromatic nitrogens is 2. The number of benzene rings is 2. The number of carbonyl (C=O) groups excluding carboxylic acids is 1. The molecule has 1 heterocycles. The van der Waals surface area contributed by atoms with Crippen molar-refractivity contribution in [3.63, 3.8) is 0 Å². The maximum absolute atomic E-state index is 12.2. The Morgan fingerprint density at radius 1 is 1.09 bits per heavy atom. The smallest absolute Gasteiger partial charge is 0.267 e. The highest BCUT2D eigenvalue weighted by Crippen LogP contribution is 2.13. The molecule has 0 saturated heterocycles. The van der Waals surface area contributed by atoms with Crippen LogP contribution in [0, 0.1) is 6.92 Å². The van der Waals surface area contributed by atoms with Crippen LogP contribution in [0.15, 0.2) is 72.0 Å². The number of amides is 1. The van der Waals surface area contributed by atoms with E-state index in [1.54, 1.807) is 17.1 Å². The molecular formula is C18H16N4O. The third-order valence-corrected chi connectivity index (χ3v) is 3.43. The molecule has 0 radical (unpaired) electrons. The summed E-state index contributed by atoms with van der Waals surface area (Å²) in [5, 5.41) is 8.26. The SMILES string of the molecule is Cc1c(C(=O)N/N=C/c2ccccc2)cnn1-c1ccccc1. The van der Waals surface area contributed by atoms with Gasteiger partial charge in [0.15, 0.2) is 0 Å². The van der Waals surface area contributed by atoms with E-state index in [0.29, 0.717) is 5.56 Å². The molecule has 2 aromatic carbocycles. The third-order valence-electron chi connectivity index (χ3n) is 3.43. The Balaban J connectivity index is 1.74. The summed E-state index contributed by atoms with van der Waals surface area (Å²) in [7, 11) is 0. The molecule has 23 heavy (non-hydrogen) atoms. The highest BCUT2D eigenvalue weighted by atomic mass is 16.2. The fourth-order valence-electron chi connectivity index (χ4n) is 2.23. The summed E-state index contributed by atoms with van der Waals surface area (Å²) in [5.74, 6) is -0.281. The minimum Gasteiger partial charge on any atom is -0.267 e. The van der Waals surface area contributed by atoms with E-state index in [-0.39, 0.29) is 5.91 Å². The number of hydrogen-bond acceptors (Lipinski definition) is 3. The fraction of sp³-hybridized carbons (Fsp3) is 0.0556. The number of nitrogens with zero attached hydrogens (tertiary/aromatic N) is 3. The van der Waals surface area contributed by atoms with E-state index in [1.165, 1.54) is 0 Å². The Hall–Kier alpha value is -3.21. The van der Waals surface area contributed by atoms with Gasteiger partial charge in [-0.05, 0) is 24.6 Å². The molecule has 5 heteroatoms. The Morgan fingerprint density at radius 3 is 2.43 bits per heavy atom. The van der Waals surface area contributed by atoms with Crippen LogP contribution in [0.2, 0.25) is 0 Å². The lowest BCUT2D eigenvalue weighted by Gasteiger charge is -2.04. The van der Waals surface area contributed by atoms with Crippen molar-refractivity contribution in [2.45, 2.75) is 6.92 Å². The Kier molecular flexibility index (Phi) is 4.29. The number of rotatable bonds is 4. The molecule has 1 N–H and O–H groups in total. The van der Waals surface area contributed by atoms with Crippen LogP contribution in [0.3, 0.4) is 0 Å². The summed E-state index contributed by atoms with van der Waals surface area (Å²) < 4.78 is 1.73. The molecule has 0 unspecified atom stereocenters. The van der Waals surface area contributed by atoms with Crippen molar-refractivity contribution in [3.05, 3.63) is 83.7 Å². The molecule has 114 valence electrons. The average molecular weight is 304 g/mol. The second-order valence-corrected chi connectivity index (χ2v) is 5.00. The van der Waals surface area contributed by atoms with Gasteiger partial charge in [0.05, 0.1) is 29.4 Å². The molecule has 0 bridgehead atoms. The molecule has 1 amide bonds. The lowest BCUT2D eigenvalue weighted by atomic mass is 10.2. The highest BCUT2D eigenvalue weighted by Gasteiger charge is 2.14. The first kappa shape index (κ1) is 14.7. The number of para-hydroxylation sites is 1. The topological polar surface area (TPSA) is 59.3 Å². The van der Waals surface area contributed by atoms with Crippen molar-refractivity contribution in [3.8, 4) is 5.69 Å². The second kappa shape index (κ2) is 6.70. The van der Waals surface area contributed by atoms with Crippen LogP contribution >= 0.6 is 0 Å². The van der Waals surface area contributed by atoms with Crippen LogP contribution in [-0.2, 0) is 0 Å². The van der Waals surface area contributed by atoms with Crippen LogP contribution in [0.25, 0.3) is 5.69 Å². The van der Waals surface area contributed by atoms with Crippen LogP contribution in [-0.4, -0.2) is 21.9 Å². The average Bonchev–Trinajstić information content (AvgIpc) is 2.98. The standard InChI is InChI=1S/C18H16N4O/c1-14-17(13-20-22(14)16-10-6-3-7-11-16)18(23)21-19-12-15-8-4-2-5-9-15/h2-13H,1H3,(H,21,23)/b19-12+. The molecule has 1 aromatic heterocycles. The second-order valence-electron chi connectivity index (χ2n) is 5.00. The fourth-order valence-corrected chi connectivity index (χ4v) is 2.23. The highest BCUT2D eigenvalue weighted by molar-refractivity contribution is 5.95. The molecule has 3 rings (SSSR count). The van der Waals surface area contributed by atoms with E-state index in [1.807, 2.05) is 67.6 Å². The van der Waals surface area contributed by atoms with Gasteiger partial charge in [-0.2, -0.15) is 10.2 Å². The summed E-state index contributed by atoms with van der Waals surface area (Å²) in [6.45, 7) is 1.86. The van der Waals surface area contributed by atoms with Gasteiger partial charge in [-0.1, -0.05) is 48.5 Å². The van der Waals surface area contributed by atoms with Crippen LogP contribution in [0.1, 0.15) is 21.6 Å². The first-order valence-corrected chi connectivity index (χ1v) is 7.24. The van der Waals surface area contributed by atoms with E-state index in [2.05, 4.69) is 15.6 Å². The van der Waals surface area contributed by atoms with Gasteiger partial charge in [-0.3, -0.25) is 4.79 Å². The molecule has 0 aliphatic carbocycles. The zero-order chi connectivity index (χ0) is 16.1. The van der Waals surface area contributed by atoms with Crippen molar-refractivity contribution in [2.24, 2.45) is 5.10 Å². The van der Waals surface area contributed by atoms with Gasteiger partial charge in [0, 0.05) is 0 Å². The van der Waals surface area contributed by atoms with Crippen molar-refractivity contribution >= 4 is 12.1 Å². The quantitative estimate of drug-likeness (QED) is 0.595. The summed E-state index contributed by atoms with van der Waals surface area (Å²) in [4.78, 5) is 12.2. The van der Waals surface area contributed by atoms with Gasteiger partial charge < -0.3 is 0 Å². The van der Waals surface area contributed by atoms with Crippen LogP contribution in [0.5, 0.6) is 0 Å². The Labute approximate surface area is 134 Å². The third kappa shape index (κ3) is 3.35. The first-order valence-electron chi connectivity index (χ1n) is 7.24. The monoisotopic (exact) mass is 304 g/mol. The number of hydrazone groups is 1. The summed E-state index contributed by atoms with van der Waals surface area (Å²) in [5.41, 5.74) is 5.63. The van der Waals surface area contributed by atoms with Gasteiger partial charge >= 0.3 is 0 Å². The number of hydrogen-bond donors (Lipinski definition) is 1. The van der Waals surface area contributed by atoms with E-state index in [9.17, 15) is 4.79 Å². The molecule has 5 nitrogen and oxygen atoms in total.